The first kappa shape index (κ1) is 16.2. The van der Waals surface area contributed by atoms with Gasteiger partial charge in [0.1, 0.15) is 10.8 Å². The van der Waals surface area contributed by atoms with E-state index in [9.17, 15) is 18.0 Å². The maximum absolute atomic E-state index is 12.9. The van der Waals surface area contributed by atoms with Crippen LogP contribution in [0.3, 0.4) is 0 Å². The molecule has 1 fully saturated rings. The molecule has 9 heteroatoms. The minimum absolute atomic E-state index is 0.0100. The predicted octanol–water partition coefficient (Wildman–Crippen LogP) is 1.76. The Balaban J connectivity index is 2.06. The molecule has 0 bridgehead atoms. The highest BCUT2D eigenvalue weighted by Crippen LogP contribution is 2.38. The van der Waals surface area contributed by atoms with Crippen molar-refractivity contribution < 1.29 is 18.0 Å². The summed E-state index contributed by atoms with van der Waals surface area (Å²) in [5.41, 5.74) is 5.09. The number of likely N-dealkylation sites (tertiary alicyclic amines) is 1. The summed E-state index contributed by atoms with van der Waals surface area (Å²) < 4.78 is 43.0. The number of hydrogen-bond acceptors (Lipinski definition) is 5. The van der Waals surface area contributed by atoms with Gasteiger partial charge in [-0.3, -0.25) is 9.69 Å². The molecular weight excluding hydrogens is 305 g/mol. The van der Waals surface area contributed by atoms with Crippen LogP contribution in [0.25, 0.3) is 0 Å². The summed E-state index contributed by atoms with van der Waals surface area (Å²) in [6.45, 7) is 3.94. The van der Waals surface area contributed by atoms with Crippen LogP contribution in [0.1, 0.15) is 30.6 Å². The van der Waals surface area contributed by atoms with E-state index in [1.807, 2.05) is 13.8 Å². The molecule has 118 valence electrons. The molecule has 0 aliphatic carbocycles. The number of amides is 1. The molecule has 1 aliphatic heterocycles. The van der Waals surface area contributed by atoms with Crippen LogP contribution < -0.4 is 5.73 Å². The van der Waals surface area contributed by atoms with E-state index in [1.165, 1.54) is 11.5 Å². The zero-order valence-electron chi connectivity index (χ0n) is 11.7. The second-order valence-electron chi connectivity index (χ2n) is 5.55. The molecule has 0 spiro atoms. The molecule has 2 N–H and O–H groups in total. The molecule has 2 rings (SSSR count). The Morgan fingerprint density at radius 1 is 1.48 bits per heavy atom. The van der Waals surface area contributed by atoms with Crippen LogP contribution in [0.15, 0.2) is 0 Å². The van der Waals surface area contributed by atoms with Crippen LogP contribution in [0.2, 0.25) is 0 Å². The van der Waals surface area contributed by atoms with Crippen molar-refractivity contribution in [2.45, 2.75) is 32.5 Å². The first-order chi connectivity index (χ1) is 9.68. The zero-order chi connectivity index (χ0) is 15.8. The molecule has 2 heterocycles. The van der Waals surface area contributed by atoms with Gasteiger partial charge in [0.15, 0.2) is 0 Å². The third kappa shape index (κ3) is 3.70. The fraction of sp³-hybridized carbons (Fsp3) is 0.750. The van der Waals surface area contributed by atoms with Crippen LogP contribution in [-0.4, -0.2) is 39.4 Å². The van der Waals surface area contributed by atoms with Gasteiger partial charge >= 0.3 is 6.18 Å². The fourth-order valence-corrected chi connectivity index (χ4v) is 3.22. The van der Waals surface area contributed by atoms with E-state index in [0.29, 0.717) is 10.8 Å². The molecule has 1 saturated heterocycles. The lowest BCUT2D eigenvalue weighted by Crippen LogP contribution is -2.37. The van der Waals surface area contributed by atoms with Gasteiger partial charge in [0.05, 0.1) is 18.4 Å². The number of carbonyl (C=O) groups excluding carboxylic acids is 1. The molecule has 0 radical (unpaired) electrons. The Hall–Kier alpha value is -1.22. The highest BCUT2D eigenvalue weighted by Gasteiger charge is 2.51. The normalized spacial score (nSPS) is 23.9. The van der Waals surface area contributed by atoms with E-state index in [4.69, 9.17) is 5.73 Å². The maximum atomic E-state index is 12.9. The smallest absolute Gasteiger partial charge is 0.369 e. The lowest BCUT2D eigenvalue weighted by atomic mass is 9.95. The summed E-state index contributed by atoms with van der Waals surface area (Å²) in [7, 11) is 0. The Bertz CT molecular complexity index is 517. The van der Waals surface area contributed by atoms with Gasteiger partial charge in [-0.25, -0.2) is 4.98 Å². The first-order valence-corrected chi connectivity index (χ1v) is 7.36. The molecule has 1 aliphatic rings. The van der Waals surface area contributed by atoms with Gasteiger partial charge in [0, 0.05) is 19.0 Å². The van der Waals surface area contributed by atoms with Gasteiger partial charge in [-0.15, -0.1) is 0 Å². The van der Waals surface area contributed by atoms with E-state index in [2.05, 4.69) is 9.36 Å². The molecule has 1 amide bonds. The van der Waals surface area contributed by atoms with Crippen LogP contribution >= 0.6 is 11.5 Å². The lowest BCUT2D eigenvalue weighted by molar-refractivity contribution is -0.182. The summed E-state index contributed by atoms with van der Waals surface area (Å²) in [5, 5.41) is 0.657. The Labute approximate surface area is 124 Å². The Kier molecular flexibility index (Phi) is 4.52. The lowest BCUT2D eigenvalue weighted by Gasteiger charge is -2.18. The van der Waals surface area contributed by atoms with Crippen molar-refractivity contribution in [3.8, 4) is 0 Å². The molecule has 5 nitrogen and oxygen atoms in total. The standard InChI is InChI=1S/C12H17F3N4OS/c1-6(2)11-17-9(21-18-11)5-19-3-7(10(16)20)8(4-19)12(13,14)15/h6-8H,3-5H2,1-2H3,(H2,16,20)/t7-,8-/m0/s1. The SMILES string of the molecule is CC(C)c1nsc(CN2C[C@H](C(N)=O)[C@@H](C(F)(F)F)C2)n1. The molecule has 0 unspecified atom stereocenters. The molecule has 21 heavy (non-hydrogen) atoms. The van der Waals surface area contributed by atoms with E-state index in [1.54, 1.807) is 4.90 Å². The van der Waals surface area contributed by atoms with E-state index in [0.717, 1.165) is 0 Å². The molecule has 0 aromatic carbocycles. The number of halogens is 3. The molecule has 2 atom stereocenters. The summed E-state index contributed by atoms with van der Waals surface area (Å²) in [4.78, 5) is 17.1. The number of rotatable bonds is 4. The molecule has 1 aromatic heterocycles. The molecule has 0 saturated carbocycles. The first-order valence-electron chi connectivity index (χ1n) is 6.59. The van der Waals surface area contributed by atoms with E-state index >= 15 is 0 Å². The van der Waals surface area contributed by atoms with Gasteiger partial charge in [-0.05, 0) is 11.5 Å². The van der Waals surface area contributed by atoms with Gasteiger partial charge in [-0.1, -0.05) is 13.8 Å². The number of primary amides is 1. The second-order valence-corrected chi connectivity index (χ2v) is 6.39. The van der Waals surface area contributed by atoms with Crippen LogP contribution in [0.4, 0.5) is 13.2 Å². The topological polar surface area (TPSA) is 72.1 Å². The van der Waals surface area contributed by atoms with Gasteiger partial charge in [0.25, 0.3) is 0 Å². The quantitative estimate of drug-likeness (QED) is 0.917. The number of alkyl halides is 3. The number of carbonyl (C=O) groups is 1. The van der Waals surface area contributed by atoms with E-state index < -0.39 is 23.9 Å². The third-order valence-corrected chi connectivity index (χ3v) is 4.25. The average Bonchev–Trinajstić information content (AvgIpc) is 2.95. The average molecular weight is 322 g/mol. The highest BCUT2D eigenvalue weighted by atomic mass is 32.1. The number of hydrogen-bond donors (Lipinski definition) is 1. The second kappa shape index (κ2) is 5.88. The Morgan fingerprint density at radius 3 is 2.57 bits per heavy atom. The minimum atomic E-state index is -4.42. The van der Waals surface area contributed by atoms with Crippen molar-refractivity contribution in [3.63, 3.8) is 0 Å². The van der Waals surface area contributed by atoms with Gasteiger partial charge < -0.3 is 5.73 Å². The van der Waals surface area contributed by atoms with Gasteiger partial charge in [-0.2, -0.15) is 17.5 Å². The number of nitrogens with two attached hydrogens (primary N) is 1. The van der Waals surface area contributed by atoms with Gasteiger partial charge in [0.2, 0.25) is 5.91 Å². The molecular formula is C12H17F3N4OS. The summed E-state index contributed by atoms with van der Waals surface area (Å²) in [6, 6.07) is 0. The van der Waals surface area contributed by atoms with Crippen molar-refractivity contribution in [2.24, 2.45) is 17.6 Å². The minimum Gasteiger partial charge on any atom is -0.369 e. The maximum Gasteiger partial charge on any atom is 0.393 e. The Morgan fingerprint density at radius 2 is 2.14 bits per heavy atom. The zero-order valence-corrected chi connectivity index (χ0v) is 12.5. The monoisotopic (exact) mass is 322 g/mol. The van der Waals surface area contributed by atoms with Crippen molar-refractivity contribution >= 4 is 17.4 Å². The highest BCUT2D eigenvalue weighted by molar-refractivity contribution is 7.05. The molecule has 1 aromatic rings. The van der Waals surface area contributed by atoms with Crippen LogP contribution in [0, 0.1) is 11.8 Å². The van der Waals surface area contributed by atoms with E-state index in [-0.39, 0.29) is 25.6 Å². The van der Waals surface area contributed by atoms with Crippen molar-refractivity contribution in [3.05, 3.63) is 10.8 Å². The number of aromatic nitrogens is 2. The third-order valence-electron chi connectivity index (χ3n) is 3.54. The summed E-state index contributed by atoms with van der Waals surface area (Å²) in [6.07, 6.45) is -4.42. The van der Waals surface area contributed by atoms with Crippen molar-refractivity contribution in [1.82, 2.24) is 14.3 Å². The summed E-state index contributed by atoms with van der Waals surface area (Å²) >= 11 is 1.18. The summed E-state index contributed by atoms with van der Waals surface area (Å²) in [5.74, 6) is -2.93. The van der Waals surface area contributed by atoms with Crippen molar-refractivity contribution in [2.75, 3.05) is 13.1 Å². The van der Waals surface area contributed by atoms with Crippen LogP contribution in [0.5, 0.6) is 0 Å². The predicted molar refractivity (Wildman–Crippen MR) is 71.5 cm³/mol. The fourth-order valence-electron chi connectivity index (χ4n) is 2.39. The van der Waals surface area contributed by atoms with Crippen LogP contribution in [-0.2, 0) is 11.3 Å². The number of nitrogens with zero attached hydrogens (tertiary/aromatic N) is 3. The van der Waals surface area contributed by atoms with Crippen molar-refractivity contribution in [1.29, 1.82) is 0 Å². The largest absolute Gasteiger partial charge is 0.393 e.